The molecule has 2 nitrogen and oxygen atoms in total. The third-order valence-corrected chi connectivity index (χ3v) is 3.71. The summed E-state index contributed by atoms with van der Waals surface area (Å²) >= 11 is 1.76. The molecule has 1 fully saturated rings. The molecule has 0 amide bonds. The van der Waals surface area contributed by atoms with Crippen LogP contribution in [-0.2, 0) is 11.3 Å². The van der Waals surface area contributed by atoms with Gasteiger partial charge in [0.1, 0.15) is 0 Å². The summed E-state index contributed by atoms with van der Waals surface area (Å²) in [6, 6.07) is 4.95. The molecule has 1 saturated carbocycles. The molecule has 2 rings (SSSR count). The van der Waals surface area contributed by atoms with E-state index in [1.807, 2.05) is 0 Å². The second-order valence-corrected chi connectivity index (χ2v) is 5.10. The van der Waals surface area contributed by atoms with Gasteiger partial charge in [-0.15, -0.1) is 11.3 Å². The summed E-state index contributed by atoms with van der Waals surface area (Å²) < 4.78 is 5.59. The van der Waals surface area contributed by atoms with Crippen molar-refractivity contribution >= 4 is 11.3 Å². The number of hydrogen-bond donors (Lipinski definition) is 1. The summed E-state index contributed by atoms with van der Waals surface area (Å²) in [4.78, 5) is 1.32. The molecule has 0 aliphatic heterocycles. The predicted molar refractivity (Wildman–Crippen MR) is 64.2 cm³/mol. The third-order valence-electron chi connectivity index (χ3n) is 2.86. The second-order valence-electron chi connectivity index (χ2n) is 4.07. The Morgan fingerprint density at radius 2 is 2.27 bits per heavy atom. The van der Waals surface area contributed by atoms with Crippen molar-refractivity contribution in [1.82, 2.24) is 5.32 Å². The van der Waals surface area contributed by atoms with E-state index in [0.29, 0.717) is 0 Å². The van der Waals surface area contributed by atoms with Crippen molar-refractivity contribution in [2.75, 3.05) is 13.2 Å². The Morgan fingerprint density at radius 1 is 1.40 bits per heavy atom. The number of rotatable bonds is 6. The van der Waals surface area contributed by atoms with Crippen LogP contribution in [-0.4, -0.2) is 19.2 Å². The van der Waals surface area contributed by atoms with E-state index in [9.17, 15) is 0 Å². The molecule has 3 heteroatoms. The molecule has 1 aromatic rings. The second kappa shape index (κ2) is 6.26. The topological polar surface area (TPSA) is 21.3 Å². The van der Waals surface area contributed by atoms with Gasteiger partial charge in [0.25, 0.3) is 0 Å². The van der Waals surface area contributed by atoms with Crippen LogP contribution in [0.1, 0.15) is 30.6 Å². The molecule has 0 aromatic carbocycles. The average molecular weight is 225 g/mol. The SMILES string of the molecule is c1csc(COCCNC2CCCC2)c1. The molecule has 0 bridgehead atoms. The van der Waals surface area contributed by atoms with Gasteiger partial charge in [-0.25, -0.2) is 0 Å². The molecule has 0 unspecified atom stereocenters. The lowest BCUT2D eigenvalue weighted by Gasteiger charge is -2.11. The molecular formula is C12H19NOS. The van der Waals surface area contributed by atoms with Crippen LogP contribution in [0.2, 0.25) is 0 Å². The van der Waals surface area contributed by atoms with E-state index in [1.165, 1.54) is 30.6 Å². The summed E-state index contributed by atoms with van der Waals surface area (Å²) in [5.41, 5.74) is 0. The maximum absolute atomic E-state index is 5.59. The van der Waals surface area contributed by atoms with E-state index in [2.05, 4.69) is 22.8 Å². The van der Waals surface area contributed by atoms with E-state index in [-0.39, 0.29) is 0 Å². The van der Waals surface area contributed by atoms with Crippen LogP contribution in [0.3, 0.4) is 0 Å². The highest BCUT2D eigenvalue weighted by atomic mass is 32.1. The van der Waals surface area contributed by atoms with Gasteiger partial charge in [0.05, 0.1) is 13.2 Å². The van der Waals surface area contributed by atoms with Crippen LogP contribution in [0.4, 0.5) is 0 Å². The molecule has 0 atom stereocenters. The Kier molecular flexibility index (Phi) is 4.64. The smallest absolute Gasteiger partial charge is 0.0809 e. The van der Waals surface area contributed by atoms with E-state index in [0.717, 1.165) is 25.8 Å². The summed E-state index contributed by atoms with van der Waals surface area (Å²) in [7, 11) is 0. The number of nitrogens with one attached hydrogen (secondary N) is 1. The highest BCUT2D eigenvalue weighted by Gasteiger charge is 2.13. The molecule has 0 radical (unpaired) electrons. The van der Waals surface area contributed by atoms with Crippen LogP contribution < -0.4 is 5.32 Å². The number of thiophene rings is 1. The van der Waals surface area contributed by atoms with E-state index in [1.54, 1.807) is 11.3 Å². The first-order chi connectivity index (χ1) is 7.45. The molecule has 0 spiro atoms. The van der Waals surface area contributed by atoms with Gasteiger partial charge in [-0.2, -0.15) is 0 Å². The van der Waals surface area contributed by atoms with Crippen LogP contribution in [0.25, 0.3) is 0 Å². The van der Waals surface area contributed by atoms with Crippen molar-refractivity contribution in [3.8, 4) is 0 Å². The van der Waals surface area contributed by atoms with Crippen LogP contribution in [0, 0.1) is 0 Å². The van der Waals surface area contributed by atoms with E-state index < -0.39 is 0 Å². The van der Waals surface area contributed by atoms with Crippen molar-refractivity contribution in [3.05, 3.63) is 22.4 Å². The maximum Gasteiger partial charge on any atom is 0.0809 e. The standard InChI is InChI=1S/C12H19NOS/c1-2-5-11(4-1)13-7-8-14-10-12-6-3-9-15-12/h3,6,9,11,13H,1-2,4-5,7-8,10H2. The van der Waals surface area contributed by atoms with E-state index in [4.69, 9.17) is 4.74 Å². The van der Waals surface area contributed by atoms with Crippen LogP contribution in [0.15, 0.2) is 17.5 Å². The zero-order valence-corrected chi connectivity index (χ0v) is 9.89. The fraction of sp³-hybridized carbons (Fsp3) is 0.667. The summed E-state index contributed by atoms with van der Waals surface area (Å²) in [5.74, 6) is 0. The molecule has 0 saturated heterocycles. The lowest BCUT2D eigenvalue weighted by molar-refractivity contribution is 0.123. The van der Waals surface area contributed by atoms with Crippen molar-refractivity contribution in [1.29, 1.82) is 0 Å². The minimum absolute atomic E-state index is 0.760. The molecular weight excluding hydrogens is 206 g/mol. The number of hydrogen-bond acceptors (Lipinski definition) is 3. The molecule has 1 heterocycles. The monoisotopic (exact) mass is 225 g/mol. The van der Waals surface area contributed by atoms with Gasteiger partial charge in [-0.3, -0.25) is 0 Å². The van der Waals surface area contributed by atoms with Crippen molar-refractivity contribution in [2.24, 2.45) is 0 Å². The van der Waals surface area contributed by atoms with Crippen molar-refractivity contribution in [3.63, 3.8) is 0 Å². The van der Waals surface area contributed by atoms with Crippen LogP contribution in [0.5, 0.6) is 0 Å². The maximum atomic E-state index is 5.59. The van der Waals surface area contributed by atoms with Gasteiger partial charge < -0.3 is 10.1 Å². The lowest BCUT2D eigenvalue weighted by Crippen LogP contribution is -2.29. The Balaban J connectivity index is 1.48. The zero-order valence-electron chi connectivity index (χ0n) is 9.08. The lowest BCUT2D eigenvalue weighted by atomic mass is 10.2. The molecule has 84 valence electrons. The predicted octanol–water partition coefficient (Wildman–Crippen LogP) is 2.80. The van der Waals surface area contributed by atoms with Gasteiger partial charge in [0, 0.05) is 17.5 Å². The summed E-state index contributed by atoms with van der Waals surface area (Å²) in [6.07, 6.45) is 5.50. The van der Waals surface area contributed by atoms with Gasteiger partial charge in [0.15, 0.2) is 0 Å². The highest BCUT2D eigenvalue weighted by molar-refractivity contribution is 7.09. The normalized spacial score (nSPS) is 17.3. The first-order valence-electron chi connectivity index (χ1n) is 5.78. The van der Waals surface area contributed by atoms with Gasteiger partial charge in [-0.1, -0.05) is 18.9 Å². The molecule has 1 N–H and O–H groups in total. The van der Waals surface area contributed by atoms with Crippen molar-refractivity contribution in [2.45, 2.75) is 38.3 Å². The quantitative estimate of drug-likeness (QED) is 0.752. The molecule has 1 aliphatic rings. The number of ether oxygens (including phenoxy) is 1. The Morgan fingerprint density at radius 3 is 3.00 bits per heavy atom. The van der Waals surface area contributed by atoms with Crippen molar-refractivity contribution < 1.29 is 4.74 Å². The Bertz CT molecular complexity index is 255. The zero-order chi connectivity index (χ0) is 10.3. The Hall–Kier alpha value is -0.380. The molecule has 1 aliphatic carbocycles. The average Bonchev–Trinajstić information content (AvgIpc) is 2.88. The van der Waals surface area contributed by atoms with Gasteiger partial charge >= 0.3 is 0 Å². The van der Waals surface area contributed by atoms with E-state index >= 15 is 0 Å². The molecule has 1 aromatic heterocycles. The first kappa shape index (κ1) is 11.1. The minimum Gasteiger partial charge on any atom is -0.375 e. The highest BCUT2D eigenvalue weighted by Crippen LogP contribution is 2.17. The minimum atomic E-state index is 0.760. The molecule has 15 heavy (non-hydrogen) atoms. The largest absolute Gasteiger partial charge is 0.375 e. The Labute approximate surface area is 95.6 Å². The fourth-order valence-corrected chi connectivity index (χ4v) is 2.67. The van der Waals surface area contributed by atoms with Gasteiger partial charge in [-0.05, 0) is 24.3 Å². The third kappa shape index (κ3) is 3.93. The van der Waals surface area contributed by atoms with Gasteiger partial charge in [0.2, 0.25) is 0 Å². The summed E-state index contributed by atoms with van der Waals surface area (Å²) in [6.45, 7) is 2.59. The summed E-state index contributed by atoms with van der Waals surface area (Å²) in [5, 5.41) is 5.63. The van der Waals surface area contributed by atoms with Crippen LogP contribution >= 0.6 is 11.3 Å². The fourth-order valence-electron chi connectivity index (χ4n) is 2.03. The first-order valence-corrected chi connectivity index (χ1v) is 6.66.